The molecule has 0 aliphatic carbocycles. The standard InChI is InChI=1S/C15H9Cl2F3N2OS/c16-8-5-6-9(11(17)7-8)13(23)22-14(24)21-12-4-2-1-3-10(12)15(18,19)20/h1-7H,(H2,21,22,23,24). The fourth-order valence-electron chi connectivity index (χ4n) is 1.84. The molecule has 9 heteroatoms. The van der Waals surface area contributed by atoms with E-state index in [-0.39, 0.29) is 21.4 Å². The van der Waals surface area contributed by atoms with E-state index in [4.69, 9.17) is 35.4 Å². The van der Waals surface area contributed by atoms with Gasteiger partial charge in [0.2, 0.25) is 0 Å². The lowest BCUT2D eigenvalue weighted by atomic mass is 10.1. The Kier molecular flexibility index (Phi) is 5.69. The van der Waals surface area contributed by atoms with Gasteiger partial charge in [-0.3, -0.25) is 10.1 Å². The maximum Gasteiger partial charge on any atom is 0.418 e. The van der Waals surface area contributed by atoms with Gasteiger partial charge < -0.3 is 5.32 Å². The summed E-state index contributed by atoms with van der Waals surface area (Å²) < 4.78 is 38.7. The van der Waals surface area contributed by atoms with Gasteiger partial charge in [0.05, 0.1) is 21.8 Å². The van der Waals surface area contributed by atoms with Gasteiger partial charge in [-0.15, -0.1) is 0 Å². The minimum absolute atomic E-state index is 0.0920. The highest BCUT2D eigenvalue weighted by atomic mass is 35.5. The van der Waals surface area contributed by atoms with Crippen LogP contribution in [0.5, 0.6) is 0 Å². The molecule has 0 bridgehead atoms. The van der Waals surface area contributed by atoms with Crippen LogP contribution in [0.1, 0.15) is 15.9 Å². The average molecular weight is 393 g/mol. The summed E-state index contributed by atoms with van der Waals surface area (Å²) >= 11 is 16.5. The van der Waals surface area contributed by atoms with E-state index in [0.717, 1.165) is 6.07 Å². The molecule has 0 spiro atoms. The number of halogens is 5. The maximum absolute atomic E-state index is 12.9. The summed E-state index contributed by atoms with van der Waals surface area (Å²) in [5.41, 5.74) is -1.07. The van der Waals surface area contributed by atoms with Crippen molar-refractivity contribution in [2.24, 2.45) is 0 Å². The summed E-state index contributed by atoms with van der Waals surface area (Å²) in [4.78, 5) is 12.1. The molecule has 0 radical (unpaired) electrons. The van der Waals surface area contributed by atoms with Crippen LogP contribution in [0.4, 0.5) is 18.9 Å². The summed E-state index contributed by atoms with van der Waals surface area (Å²) in [6.07, 6.45) is -4.55. The van der Waals surface area contributed by atoms with Crippen molar-refractivity contribution in [1.82, 2.24) is 5.32 Å². The molecule has 0 fully saturated rings. The van der Waals surface area contributed by atoms with E-state index in [0.29, 0.717) is 5.02 Å². The molecule has 3 nitrogen and oxygen atoms in total. The van der Waals surface area contributed by atoms with Crippen molar-refractivity contribution >= 4 is 52.1 Å². The third-order valence-corrected chi connectivity index (χ3v) is 3.64. The molecule has 0 aromatic heterocycles. The van der Waals surface area contributed by atoms with Crippen LogP contribution in [0.25, 0.3) is 0 Å². The number of rotatable bonds is 2. The van der Waals surface area contributed by atoms with Crippen LogP contribution in [0, 0.1) is 0 Å². The number of hydrogen-bond donors (Lipinski definition) is 2. The second-order valence-corrected chi connectivity index (χ2v) is 5.83. The Labute approximate surface area is 150 Å². The topological polar surface area (TPSA) is 41.1 Å². The van der Waals surface area contributed by atoms with Gasteiger partial charge in [0.1, 0.15) is 0 Å². The molecule has 2 aromatic rings. The minimum Gasteiger partial charge on any atom is -0.332 e. The lowest BCUT2D eigenvalue weighted by Gasteiger charge is -2.15. The van der Waals surface area contributed by atoms with Crippen LogP contribution < -0.4 is 10.6 Å². The van der Waals surface area contributed by atoms with Crippen molar-refractivity contribution in [3.63, 3.8) is 0 Å². The summed E-state index contributed by atoms with van der Waals surface area (Å²) in [7, 11) is 0. The van der Waals surface area contributed by atoms with Crippen LogP contribution in [0.15, 0.2) is 42.5 Å². The lowest BCUT2D eigenvalue weighted by molar-refractivity contribution is -0.136. The molecule has 0 atom stereocenters. The Morgan fingerprint density at radius 1 is 1.08 bits per heavy atom. The predicted octanol–water partition coefficient (Wildman–Crippen LogP) is 5.14. The summed E-state index contributed by atoms with van der Waals surface area (Å²) in [5.74, 6) is -0.668. The van der Waals surface area contributed by atoms with Gasteiger partial charge in [0.15, 0.2) is 5.11 Å². The molecule has 0 aliphatic heterocycles. The smallest absolute Gasteiger partial charge is 0.332 e. The average Bonchev–Trinajstić information content (AvgIpc) is 2.46. The van der Waals surface area contributed by atoms with E-state index in [9.17, 15) is 18.0 Å². The Morgan fingerprint density at radius 2 is 1.75 bits per heavy atom. The van der Waals surface area contributed by atoms with Gasteiger partial charge in [-0.05, 0) is 42.5 Å². The molecule has 0 saturated carbocycles. The number of anilines is 1. The molecule has 2 aromatic carbocycles. The van der Waals surface area contributed by atoms with Crippen molar-refractivity contribution < 1.29 is 18.0 Å². The SMILES string of the molecule is O=C(NC(=S)Nc1ccccc1C(F)(F)F)c1ccc(Cl)cc1Cl. The van der Waals surface area contributed by atoms with Gasteiger partial charge in [-0.2, -0.15) is 13.2 Å². The molecule has 0 saturated heterocycles. The third kappa shape index (κ3) is 4.59. The summed E-state index contributed by atoms with van der Waals surface area (Å²) in [5, 5.41) is 4.78. The summed E-state index contributed by atoms with van der Waals surface area (Å²) in [6, 6.07) is 8.98. The van der Waals surface area contributed by atoms with Crippen molar-refractivity contribution in [2.45, 2.75) is 6.18 Å². The van der Waals surface area contributed by atoms with E-state index in [1.807, 2.05) is 0 Å². The molecular weight excluding hydrogens is 384 g/mol. The van der Waals surface area contributed by atoms with Crippen LogP contribution in [-0.2, 0) is 6.18 Å². The minimum atomic E-state index is -4.55. The second-order valence-electron chi connectivity index (χ2n) is 4.58. The third-order valence-electron chi connectivity index (χ3n) is 2.88. The maximum atomic E-state index is 12.9. The Hall–Kier alpha value is -1.83. The quantitative estimate of drug-likeness (QED) is 0.695. The predicted molar refractivity (Wildman–Crippen MR) is 91.6 cm³/mol. The first kappa shape index (κ1) is 18.5. The van der Waals surface area contributed by atoms with E-state index >= 15 is 0 Å². The zero-order valence-electron chi connectivity index (χ0n) is 11.7. The number of nitrogens with one attached hydrogen (secondary N) is 2. The van der Waals surface area contributed by atoms with Gasteiger partial charge in [0.25, 0.3) is 5.91 Å². The fraction of sp³-hybridized carbons (Fsp3) is 0.0667. The van der Waals surface area contributed by atoms with E-state index in [1.165, 1.54) is 36.4 Å². The number of hydrogen-bond acceptors (Lipinski definition) is 2. The van der Waals surface area contributed by atoms with E-state index in [1.54, 1.807) is 0 Å². The highest BCUT2D eigenvalue weighted by molar-refractivity contribution is 7.80. The lowest BCUT2D eigenvalue weighted by Crippen LogP contribution is -2.34. The zero-order chi connectivity index (χ0) is 17.9. The molecule has 126 valence electrons. The second kappa shape index (κ2) is 7.38. The number of thiocarbonyl (C=S) groups is 1. The van der Waals surface area contributed by atoms with Crippen LogP contribution in [-0.4, -0.2) is 11.0 Å². The monoisotopic (exact) mass is 392 g/mol. The molecular formula is C15H9Cl2F3N2OS. The number of para-hydroxylation sites is 1. The van der Waals surface area contributed by atoms with Crippen molar-refractivity contribution in [3.05, 3.63) is 63.6 Å². The highest BCUT2D eigenvalue weighted by Gasteiger charge is 2.33. The summed E-state index contributed by atoms with van der Waals surface area (Å²) in [6.45, 7) is 0. The van der Waals surface area contributed by atoms with Crippen molar-refractivity contribution in [3.8, 4) is 0 Å². The Morgan fingerprint density at radius 3 is 2.38 bits per heavy atom. The largest absolute Gasteiger partial charge is 0.418 e. The van der Waals surface area contributed by atoms with Gasteiger partial charge >= 0.3 is 6.18 Å². The van der Waals surface area contributed by atoms with Gasteiger partial charge in [-0.25, -0.2) is 0 Å². The first-order valence-electron chi connectivity index (χ1n) is 6.42. The molecule has 2 N–H and O–H groups in total. The number of carbonyl (C=O) groups is 1. The molecule has 2 rings (SSSR count). The number of benzene rings is 2. The zero-order valence-corrected chi connectivity index (χ0v) is 14.1. The van der Waals surface area contributed by atoms with Crippen LogP contribution >= 0.6 is 35.4 Å². The van der Waals surface area contributed by atoms with E-state index < -0.39 is 17.6 Å². The molecule has 1 amide bonds. The van der Waals surface area contributed by atoms with E-state index in [2.05, 4.69) is 10.6 Å². The molecule has 0 heterocycles. The Balaban J connectivity index is 2.13. The van der Waals surface area contributed by atoms with Crippen LogP contribution in [0.3, 0.4) is 0 Å². The number of alkyl halides is 3. The number of carbonyl (C=O) groups excluding carboxylic acids is 1. The first-order valence-corrected chi connectivity index (χ1v) is 7.58. The fourth-order valence-corrected chi connectivity index (χ4v) is 2.53. The first-order chi connectivity index (χ1) is 11.2. The number of amides is 1. The van der Waals surface area contributed by atoms with Gasteiger partial charge in [0, 0.05) is 5.02 Å². The molecule has 0 aliphatic rings. The van der Waals surface area contributed by atoms with Gasteiger partial charge in [-0.1, -0.05) is 35.3 Å². The highest BCUT2D eigenvalue weighted by Crippen LogP contribution is 2.34. The molecule has 0 unspecified atom stereocenters. The normalized spacial score (nSPS) is 11.0. The van der Waals surface area contributed by atoms with Crippen molar-refractivity contribution in [2.75, 3.05) is 5.32 Å². The van der Waals surface area contributed by atoms with Crippen LogP contribution in [0.2, 0.25) is 10.0 Å². The Bertz CT molecular complexity index is 797. The van der Waals surface area contributed by atoms with Crippen molar-refractivity contribution in [1.29, 1.82) is 0 Å². The molecule has 24 heavy (non-hydrogen) atoms.